The maximum atomic E-state index is 12.8. The van der Waals surface area contributed by atoms with Crippen LogP contribution in [0, 0.1) is 0 Å². The topological polar surface area (TPSA) is 34.9 Å². The molecule has 0 saturated heterocycles. The van der Waals surface area contributed by atoms with E-state index in [1.807, 2.05) is 47.8 Å². The van der Waals surface area contributed by atoms with Gasteiger partial charge in [0.1, 0.15) is 11.0 Å². The lowest BCUT2D eigenvalue weighted by molar-refractivity contribution is 0.967. The Morgan fingerprint density at radius 2 is 1.87 bits per heavy atom. The predicted molar refractivity (Wildman–Crippen MR) is 95.7 cm³/mol. The van der Waals surface area contributed by atoms with Crippen LogP contribution in [0.1, 0.15) is 0 Å². The van der Waals surface area contributed by atoms with Crippen LogP contribution in [0.4, 0.5) is 0 Å². The van der Waals surface area contributed by atoms with Crippen molar-refractivity contribution in [1.82, 2.24) is 9.55 Å². The second-order valence-electron chi connectivity index (χ2n) is 5.09. The quantitative estimate of drug-likeness (QED) is 0.528. The lowest BCUT2D eigenvalue weighted by atomic mass is 10.1. The van der Waals surface area contributed by atoms with Crippen LogP contribution >= 0.6 is 22.9 Å². The van der Waals surface area contributed by atoms with E-state index in [1.54, 1.807) is 18.5 Å². The molecular weight excluding hydrogens is 328 g/mol. The lowest BCUT2D eigenvalue weighted by Crippen LogP contribution is -2.17. The van der Waals surface area contributed by atoms with Crippen LogP contribution in [0.25, 0.3) is 27.0 Å². The molecule has 0 saturated carbocycles. The molecule has 112 valence electrons. The van der Waals surface area contributed by atoms with Gasteiger partial charge in [-0.2, -0.15) is 0 Å². The van der Waals surface area contributed by atoms with E-state index < -0.39 is 0 Å². The Morgan fingerprint density at radius 1 is 1.04 bits per heavy atom. The van der Waals surface area contributed by atoms with E-state index in [9.17, 15) is 4.79 Å². The fourth-order valence-corrected chi connectivity index (χ4v) is 3.68. The molecule has 3 nitrogen and oxygen atoms in total. The van der Waals surface area contributed by atoms with Gasteiger partial charge in [-0.05, 0) is 23.8 Å². The van der Waals surface area contributed by atoms with Crippen molar-refractivity contribution in [3.63, 3.8) is 0 Å². The summed E-state index contributed by atoms with van der Waals surface area (Å²) >= 11 is 7.44. The number of rotatable bonds is 2. The number of hydrogen-bond donors (Lipinski definition) is 0. The Bertz CT molecular complexity index is 1050. The molecule has 0 fully saturated rings. The third-order valence-corrected chi connectivity index (χ3v) is 4.84. The Hall–Kier alpha value is -2.43. The summed E-state index contributed by atoms with van der Waals surface area (Å²) < 4.78 is 2.17. The SMILES string of the molecule is O=c1c2scc(-c3ccccc3)c2ncn1-c1cccc(Cl)c1. The normalized spacial score (nSPS) is 11.0. The Balaban J connectivity index is 1.93. The number of fused-ring (bicyclic) bond motifs is 1. The van der Waals surface area contributed by atoms with E-state index in [2.05, 4.69) is 4.98 Å². The van der Waals surface area contributed by atoms with Crippen LogP contribution in [0.2, 0.25) is 5.02 Å². The van der Waals surface area contributed by atoms with Gasteiger partial charge in [-0.1, -0.05) is 48.0 Å². The molecule has 2 heterocycles. The first kappa shape index (κ1) is 14.2. The predicted octanol–water partition coefficient (Wildman–Crippen LogP) is 4.77. The molecule has 0 radical (unpaired) electrons. The molecule has 0 bridgehead atoms. The zero-order valence-electron chi connectivity index (χ0n) is 11.9. The molecule has 2 aromatic carbocycles. The highest BCUT2D eigenvalue weighted by Crippen LogP contribution is 2.30. The van der Waals surface area contributed by atoms with Crippen LogP contribution in [0.3, 0.4) is 0 Å². The Kier molecular flexibility index (Phi) is 3.48. The van der Waals surface area contributed by atoms with E-state index >= 15 is 0 Å². The van der Waals surface area contributed by atoms with Gasteiger partial charge in [-0.3, -0.25) is 9.36 Å². The minimum absolute atomic E-state index is 0.0792. The molecule has 2 aromatic heterocycles. The highest BCUT2D eigenvalue weighted by Gasteiger charge is 2.13. The van der Waals surface area contributed by atoms with Gasteiger partial charge < -0.3 is 0 Å². The van der Waals surface area contributed by atoms with Gasteiger partial charge in [0.15, 0.2) is 0 Å². The summed E-state index contributed by atoms with van der Waals surface area (Å²) in [5.41, 5.74) is 3.42. The van der Waals surface area contributed by atoms with Crippen LogP contribution in [0.15, 0.2) is 71.1 Å². The molecular formula is C18H11ClN2OS. The summed E-state index contributed by atoms with van der Waals surface area (Å²) in [7, 11) is 0. The molecule has 4 rings (SSSR count). The second-order valence-corrected chi connectivity index (χ2v) is 6.41. The number of benzene rings is 2. The van der Waals surface area contributed by atoms with Crippen molar-refractivity contribution >= 4 is 33.2 Å². The third kappa shape index (κ3) is 2.46. The maximum absolute atomic E-state index is 12.8. The van der Waals surface area contributed by atoms with E-state index in [-0.39, 0.29) is 5.56 Å². The summed E-state index contributed by atoms with van der Waals surface area (Å²) in [6.45, 7) is 0. The first-order valence-corrected chi connectivity index (χ1v) is 8.30. The van der Waals surface area contributed by atoms with Gasteiger partial charge in [-0.25, -0.2) is 4.98 Å². The molecule has 0 N–H and O–H groups in total. The smallest absolute Gasteiger partial charge is 0.267 e. The number of hydrogen-bond acceptors (Lipinski definition) is 3. The Morgan fingerprint density at radius 3 is 2.65 bits per heavy atom. The standard InChI is InChI=1S/C18H11ClN2OS/c19-13-7-4-8-14(9-13)21-11-20-16-15(10-23-17(16)18(21)22)12-5-2-1-3-6-12/h1-11H. The van der Waals surface area contributed by atoms with Crippen LogP contribution in [-0.4, -0.2) is 9.55 Å². The molecule has 0 unspecified atom stereocenters. The third-order valence-electron chi connectivity index (χ3n) is 3.65. The number of nitrogens with zero attached hydrogens (tertiary/aromatic N) is 2. The number of thiophene rings is 1. The van der Waals surface area contributed by atoms with Gasteiger partial charge in [0, 0.05) is 16.0 Å². The zero-order chi connectivity index (χ0) is 15.8. The second kappa shape index (κ2) is 5.65. The van der Waals surface area contributed by atoms with Crippen molar-refractivity contribution in [1.29, 1.82) is 0 Å². The largest absolute Gasteiger partial charge is 0.275 e. The van der Waals surface area contributed by atoms with E-state index in [0.29, 0.717) is 15.4 Å². The van der Waals surface area contributed by atoms with Crippen molar-refractivity contribution in [2.24, 2.45) is 0 Å². The number of halogens is 1. The summed E-state index contributed by atoms with van der Waals surface area (Å²) in [6, 6.07) is 17.2. The zero-order valence-corrected chi connectivity index (χ0v) is 13.5. The summed E-state index contributed by atoms with van der Waals surface area (Å²) in [6.07, 6.45) is 1.56. The highest BCUT2D eigenvalue weighted by atomic mass is 35.5. The van der Waals surface area contributed by atoms with E-state index in [1.165, 1.54) is 15.9 Å². The monoisotopic (exact) mass is 338 g/mol. The molecule has 0 aliphatic heterocycles. The van der Waals surface area contributed by atoms with Crippen molar-refractivity contribution in [3.8, 4) is 16.8 Å². The van der Waals surface area contributed by atoms with E-state index in [4.69, 9.17) is 11.6 Å². The molecule has 0 spiro atoms. The van der Waals surface area contributed by atoms with Gasteiger partial charge in [0.05, 0.1) is 11.2 Å². The van der Waals surface area contributed by atoms with Crippen LogP contribution < -0.4 is 5.56 Å². The van der Waals surface area contributed by atoms with Gasteiger partial charge in [0.2, 0.25) is 0 Å². The fourth-order valence-electron chi connectivity index (χ4n) is 2.54. The van der Waals surface area contributed by atoms with Gasteiger partial charge >= 0.3 is 0 Å². The highest BCUT2D eigenvalue weighted by molar-refractivity contribution is 7.17. The summed E-state index contributed by atoms with van der Waals surface area (Å²) in [5, 5.41) is 2.57. The molecule has 23 heavy (non-hydrogen) atoms. The molecule has 5 heteroatoms. The van der Waals surface area contributed by atoms with Gasteiger partial charge in [-0.15, -0.1) is 11.3 Å². The first-order valence-electron chi connectivity index (χ1n) is 7.04. The van der Waals surface area contributed by atoms with Crippen LogP contribution in [-0.2, 0) is 0 Å². The first-order chi connectivity index (χ1) is 11.2. The Labute approximate surface area is 141 Å². The molecule has 0 aliphatic rings. The average Bonchev–Trinajstić information content (AvgIpc) is 3.01. The van der Waals surface area contributed by atoms with E-state index in [0.717, 1.165) is 16.6 Å². The van der Waals surface area contributed by atoms with Crippen molar-refractivity contribution in [2.75, 3.05) is 0 Å². The fraction of sp³-hybridized carbons (Fsp3) is 0. The molecule has 0 atom stereocenters. The van der Waals surface area contributed by atoms with Crippen LogP contribution in [0.5, 0.6) is 0 Å². The van der Waals surface area contributed by atoms with Crippen molar-refractivity contribution in [3.05, 3.63) is 81.7 Å². The molecule has 0 aliphatic carbocycles. The van der Waals surface area contributed by atoms with Crippen molar-refractivity contribution < 1.29 is 0 Å². The maximum Gasteiger partial charge on any atom is 0.275 e. The summed E-state index contributed by atoms with van der Waals surface area (Å²) in [5.74, 6) is 0. The lowest BCUT2D eigenvalue weighted by Gasteiger charge is -2.06. The average molecular weight is 339 g/mol. The molecule has 0 amide bonds. The minimum Gasteiger partial charge on any atom is -0.267 e. The minimum atomic E-state index is -0.0792. The van der Waals surface area contributed by atoms with Gasteiger partial charge in [0.25, 0.3) is 5.56 Å². The number of aromatic nitrogens is 2. The molecule has 4 aromatic rings. The summed E-state index contributed by atoms with van der Waals surface area (Å²) in [4.78, 5) is 17.3. The van der Waals surface area contributed by atoms with Crippen molar-refractivity contribution in [2.45, 2.75) is 0 Å².